The Balaban J connectivity index is 2.27. The summed E-state index contributed by atoms with van der Waals surface area (Å²) in [6.07, 6.45) is 3.50. The smallest absolute Gasteiger partial charge is 0.0701 e. The van der Waals surface area contributed by atoms with Crippen LogP contribution in [-0.2, 0) is 6.42 Å². The standard InChI is InChI=1S/C8H10BrClS/c9-8-5-4-7(11-8)3-1-2-6-10/h4-5H,1-3,6H2. The van der Waals surface area contributed by atoms with E-state index in [-0.39, 0.29) is 0 Å². The molecule has 11 heavy (non-hydrogen) atoms. The molecule has 1 aromatic rings. The Morgan fingerprint density at radius 3 is 2.73 bits per heavy atom. The van der Waals surface area contributed by atoms with Gasteiger partial charge in [-0.15, -0.1) is 22.9 Å². The van der Waals surface area contributed by atoms with Crippen molar-refractivity contribution in [2.45, 2.75) is 19.3 Å². The third kappa shape index (κ3) is 3.59. The molecule has 62 valence electrons. The molecular weight excluding hydrogens is 244 g/mol. The number of thiophene rings is 1. The molecule has 0 saturated heterocycles. The van der Waals surface area contributed by atoms with Gasteiger partial charge in [-0.05, 0) is 47.3 Å². The zero-order valence-electron chi connectivity index (χ0n) is 6.15. The van der Waals surface area contributed by atoms with E-state index in [0.29, 0.717) is 0 Å². The number of aryl methyl sites for hydroxylation is 1. The van der Waals surface area contributed by atoms with E-state index in [4.69, 9.17) is 11.6 Å². The summed E-state index contributed by atoms with van der Waals surface area (Å²) in [6, 6.07) is 4.27. The summed E-state index contributed by atoms with van der Waals surface area (Å²) in [5, 5.41) is 0. The van der Waals surface area contributed by atoms with Gasteiger partial charge in [-0.1, -0.05) is 0 Å². The van der Waals surface area contributed by atoms with Crippen LogP contribution in [0.25, 0.3) is 0 Å². The van der Waals surface area contributed by atoms with Gasteiger partial charge in [0.2, 0.25) is 0 Å². The maximum Gasteiger partial charge on any atom is 0.0701 e. The molecule has 1 aromatic heterocycles. The predicted octanol–water partition coefficient (Wildman–Crippen LogP) is 4.07. The van der Waals surface area contributed by atoms with Crippen molar-refractivity contribution in [2.75, 3.05) is 5.88 Å². The Bertz CT molecular complexity index is 210. The highest BCUT2D eigenvalue weighted by Gasteiger charge is 1.96. The molecule has 1 heterocycles. The highest BCUT2D eigenvalue weighted by molar-refractivity contribution is 9.11. The Hall–Kier alpha value is 0.470. The normalized spacial score (nSPS) is 10.4. The minimum absolute atomic E-state index is 0.784. The molecule has 0 N–H and O–H groups in total. The molecule has 0 aliphatic carbocycles. The second-order valence-electron chi connectivity index (χ2n) is 2.35. The molecule has 0 atom stereocenters. The maximum atomic E-state index is 5.57. The maximum absolute atomic E-state index is 5.57. The minimum atomic E-state index is 0.784. The monoisotopic (exact) mass is 252 g/mol. The molecule has 0 saturated carbocycles. The number of hydrogen-bond acceptors (Lipinski definition) is 1. The van der Waals surface area contributed by atoms with Gasteiger partial charge in [0.05, 0.1) is 3.79 Å². The SMILES string of the molecule is ClCCCCc1ccc(Br)s1. The van der Waals surface area contributed by atoms with E-state index >= 15 is 0 Å². The van der Waals surface area contributed by atoms with Gasteiger partial charge in [-0.3, -0.25) is 0 Å². The van der Waals surface area contributed by atoms with E-state index in [0.717, 1.165) is 12.3 Å². The Morgan fingerprint density at radius 1 is 1.36 bits per heavy atom. The largest absolute Gasteiger partial charge is 0.133 e. The summed E-state index contributed by atoms with van der Waals surface area (Å²) in [6.45, 7) is 0. The fraction of sp³-hybridized carbons (Fsp3) is 0.500. The van der Waals surface area contributed by atoms with Crippen LogP contribution in [0.5, 0.6) is 0 Å². The Morgan fingerprint density at radius 2 is 2.18 bits per heavy atom. The van der Waals surface area contributed by atoms with Gasteiger partial charge >= 0.3 is 0 Å². The molecule has 0 aliphatic rings. The second-order valence-corrected chi connectivity index (χ2v) is 5.28. The van der Waals surface area contributed by atoms with Crippen LogP contribution in [0.4, 0.5) is 0 Å². The molecular formula is C8H10BrClS. The third-order valence-corrected chi connectivity index (χ3v) is 3.39. The van der Waals surface area contributed by atoms with E-state index in [1.54, 1.807) is 0 Å². The van der Waals surface area contributed by atoms with Gasteiger partial charge in [0, 0.05) is 10.8 Å². The molecule has 0 bridgehead atoms. The molecule has 0 unspecified atom stereocenters. The summed E-state index contributed by atoms with van der Waals surface area (Å²) in [5.74, 6) is 0.784. The number of halogens is 2. The van der Waals surface area contributed by atoms with Gasteiger partial charge < -0.3 is 0 Å². The van der Waals surface area contributed by atoms with Crippen LogP contribution in [0.3, 0.4) is 0 Å². The molecule has 0 fully saturated rings. The van der Waals surface area contributed by atoms with Crippen LogP contribution >= 0.6 is 38.9 Å². The quantitative estimate of drug-likeness (QED) is 0.560. The van der Waals surface area contributed by atoms with Gasteiger partial charge in [-0.2, -0.15) is 0 Å². The fourth-order valence-corrected chi connectivity index (χ4v) is 2.59. The number of unbranched alkanes of at least 4 members (excludes halogenated alkanes) is 1. The van der Waals surface area contributed by atoms with Crippen LogP contribution in [0.15, 0.2) is 15.9 Å². The molecule has 1 rings (SSSR count). The third-order valence-electron chi connectivity index (χ3n) is 1.44. The van der Waals surface area contributed by atoms with Crippen molar-refractivity contribution in [3.8, 4) is 0 Å². The van der Waals surface area contributed by atoms with Gasteiger partial charge in [0.15, 0.2) is 0 Å². The van der Waals surface area contributed by atoms with Crippen LogP contribution in [0.2, 0.25) is 0 Å². The van der Waals surface area contributed by atoms with E-state index in [1.807, 2.05) is 11.3 Å². The molecule has 0 spiro atoms. The van der Waals surface area contributed by atoms with E-state index in [2.05, 4.69) is 28.1 Å². The Kier molecular flexibility index (Phi) is 4.50. The molecule has 0 nitrogen and oxygen atoms in total. The van der Waals surface area contributed by atoms with Crippen molar-refractivity contribution in [3.05, 3.63) is 20.8 Å². The summed E-state index contributed by atoms with van der Waals surface area (Å²) in [7, 11) is 0. The first-order chi connectivity index (χ1) is 5.33. The first-order valence-electron chi connectivity index (χ1n) is 3.63. The van der Waals surface area contributed by atoms with Crippen molar-refractivity contribution in [3.63, 3.8) is 0 Å². The lowest BCUT2D eigenvalue weighted by Crippen LogP contribution is -1.80. The zero-order chi connectivity index (χ0) is 8.10. The van der Waals surface area contributed by atoms with Crippen molar-refractivity contribution >= 4 is 38.9 Å². The van der Waals surface area contributed by atoms with Crippen LogP contribution in [0.1, 0.15) is 17.7 Å². The second kappa shape index (κ2) is 5.18. The molecule has 0 aliphatic heterocycles. The fourth-order valence-electron chi connectivity index (χ4n) is 0.880. The average molecular weight is 254 g/mol. The zero-order valence-corrected chi connectivity index (χ0v) is 9.31. The molecule has 0 radical (unpaired) electrons. The highest BCUT2D eigenvalue weighted by atomic mass is 79.9. The van der Waals surface area contributed by atoms with Crippen molar-refractivity contribution in [2.24, 2.45) is 0 Å². The van der Waals surface area contributed by atoms with Crippen molar-refractivity contribution in [1.29, 1.82) is 0 Å². The summed E-state index contributed by atoms with van der Waals surface area (Å²) in [5.41, 5.74) is 0. The van der Waals surface area contributed by atoms with E-state index in [9.17, 15) is 0 Å². The van der Waals surface area contributed by atoms with Gasteiger partial charge in [-0.25, -0.2) is 0 Å². The number of alkyl halides is 1. The van der Waals surface area contributed by atoms with Gasteiger partial charge in [0.1, 0.15) is 0 Å². The van der Waals surface area contributed by atoms with Crippen molar-refractivity contribution in [1.82, 2.24) is 0 Å². The molecule has 0 amide bonds. The number of hydrogen-bond donors (Lipinski definition) is 0. The molecule has 0 aromatic carbocycles. The highest BCUT2D eigenvalue weighted by Crippen LogP contribution is 2.23. The van der Waals surface area contributed by atoms with Crippen LogP contribution < -0.4 is 0 Å². The van der Waals surface area contributed by atoms with Crippen molar-refractivity contribution < 1.29 is 0 Å². The van der Waals surface area contributed by atoms with E-state index < -0.39 is 0 Å². The summed E-state index contributed by atoms with van der Waals surface area (Å²) >= 11 is 10.8. The minimum Gasteiger partial charge on any atom is -0.133 e. The topological polar surface area (TPSA) is 0 Å². The number of rotatable bonds is 4. The predicted molar refractivity (Wildman–Crippen MR) is 55.7 cm³/mol. The lowest BCUT2D eigenvalue weighted by Gasteiger charge is -1.93. The summed E-state index contributed by atoms with van der Waals surface area (Å²) in [4.78, 5) is 1.45. The average Bonchev–Trinajstić information content (AvgIpc) is 2.37. The van der Waals surface area contributed by atoms with E-state index in [1.165, 1.54) is 21.5 Å². The lowest BCUT2D eigenvalue weighted by molar-refractivity contribution is 0.809. The van der Waals surface area contributed by atoms with Gasteiger partial charge in [0.25, 0.3) is 0 Å². The molecule has 3 heteroatoms. The lowest BCUT2D eigenvalue weighted by atomic mass is 10.2. The first-order valence-corrected chi connectivity index (χ1v) is 5.77. The van der Waals surface area contributed by atoms with Crippen LogP contribution in [-0.4, -0.2) is 5.88 Å². The first kappa shape index (κ1) is 9.56. The van der Waals surface area contributed by atoms with Crippen LogP contribution in [0, 0.1) is 0 Å². The Labute approximate surface area is 84.7 Å². The summed E-state index contributed by atoms with van der Waals surface area (Å²) < 4.78 is 1.22.